The Bertz CT molecular complexity index is 6440. The van der Waals surface area contributed by atoms with Crippen molar-refractivity contribution in [3.63, 3.8) is 0 Å². The second-order valence-electron chi connectivity index (χ2n) is 32.8. The minimum atomic E-state index is -0.869. The van der Waals surface area contributed by atoms with Crippen molar-refractivity contribution in [3.05, 3.63) is 232 Å². The van der Waals surface area contributed by atoms with Crippen LogP contribution in [0.1, 0.15) is 236 Å². The highest BCUT2D eigenvalue weighted by atomic mass is 35.5. The lowest BCUT2D eigenvalue weighted by Crippen LogP contribution is -2.37. The van der Waals surface area contributed by atoms with Gasteiger partial charge >= 0.3 is 0 Å². The summed E-state index contributed by atoms with van der Waals surface area (Å²) in [5.74, 6) is -1.77. The lowest BCUT2D eigenvalue weighted by Gasteiger charge is -2.29. The van der Waals surface area contributed by atoms with Crippen LogP contribution in [0.25, 0.3) is 22.1 Å². The molecule has 1 saturated heterocycles. The van der Waals surface area contributed by atoms with E-state index in [4.69, 9.17) is 103 Å². The molecule has 1 fully saturated rings. The number of aryl methyl sites for hydroxylation is 4. The number of anilines is 5. The number of amides is 4. The number of methoxy groups -OCH3 is 1. The van der Waals surface area contributed by atoms with Crippen LogP contribution in [-0.2, 0) is 0 Å². The first-order chi connectivity index (χ1) is 62.0. The number of nitrogens with zero attached hydrogens (tertiary/aromatic N) is 13. The molecule has 13 aromatic rings. The topological polar surface area (TPSA) is 391 Å². The third-order valence-corrected chi connectivity index (χ3v) is 23.1. The number of nitrogens with one attached hydrogen (secondary N) is 4. The van der Waals surface area contributed by atoms with E-state index in [0.29, 0.717) is 138 Å². The van der Waals surface area contributed by atoms with Crippen molar-refractivity contribution in [2.45, 2.75) is 179 Å². The number of piperidine rings is 1. The van der Waals surface area contributed by atoms with Crippen LogP contribution >= 0.6 is 46.4 Å². The zero-order valence-corrected chi connectivity index (χ0v) is 79.5. The van der Waals surface area contributed by atoms with E-state index in [1.165, 1.54) is 31.3 Å². The number of rotatable bonds is 25. The first-order valence-electron chi connectivity index (χ1n) is 42.6. The summed E-state index contributed by atoms with van der Waals surface area (Å²) >= 11 is 25.0. The number of hydrogen-bond donors (Lipinski definition) is 8. The van der Waals surface area contributed by atoms with Gasteiger partial charge in [-0.15, -0.1) is 0 Å². The number of imidazole rings is 4. The summed E-state index contributed by atoms with van der Waals surface area (Å²) < 4.78 is 97.0. The number of halogens is 8. The summed E-state index contributed by atoms with van der Waals surface area (Å²) in [6.45, 7) is 34.0. The number of hydrogen-bond acceptors (Lipinski definition) is 22. The van der Waals surface area contributed by atoms with Gasteiger partial charge in [0.25, 0.3) is 23.6 Å². The summed E-state index contributed by atoms with van der Waals surface area (Å²) in [4.78, 5) is 89.3. The fourth-order valence-electron chi connectivity index (χ4n) is 15.7. The number of carbonyl (C=O) groups is 4. The molecule has 0 radical (unpaired) electrons. The molecule has 5 aromatic carbocycles. The molecule has 1 aliphatic heterocycles. The first kappa shape index (κ1) is 99.1. The van der Waals surface area contributed by atoms with Crippen molar-refractivity contribution in [1.29, 1.82) is 0 Å². The third kappa shape index (κ3) is 21.3. The zero-order chi connectivity index (χ0) is 95.9. The predicted octanol–water partition coefficient (Wildman–Crippen LogP) is 17.8. The van der Waals surface area contributed by atoms with Gasteiger partial charge in [-0.1, -0.05) is 74.1 Å². The highest BCUT2D eigenvalue weighted by Gasteiger charge is 2.37. The number of nitrogens with two attached hydrogens (primary N) is 4. The van der Waals surface area contributed by atoms with Crippen LogP contribution in [0.15, 0.2) is 98.1 Å². The van der Waals surface area contributed by atoms with Gasteiger partial charge in [-0.25, -0.2) is 57.4 Å². The molecule has 12 N–H and O–H groups in total. The average molecular weight is 1880 g/mol. The smallest absolute Gasteiger partial charge is 0.262 e. The van der Waals surface area contributed by atoms with Crippen LogP contribution in [0.3, 0.4) is 0 Å². The maximum Gasteiger partial charge on any atom is 0.262 e. The SMILES string of the molecule is CCNC(=O)c1c(F)c(Cl)cc(C(C)c2nc(C)c3c(N)nccn23)c1OC(C)C.CNC(=O)c1c(F)c(Cl)cc(C(C)c2nc(C)c3c(N)nccn23)c1OC(C)C.COc1ccc(NC(=O)c2c(F)c(Cl)cc(C(C)c3nc(C)c4c(N)nccn34)c2OC(C)C)cc1.Cc1nc(C(C)c2cc(Cl)c(F)c(C(=O)NCC3CCN(C)CC3)c2OC(C)C)n2ccnc(N)c12. The van der Waals surface area contributed by atoms with E-state index in [1.54, 1.807) is 116 Å². The molecule has 30 nitrogen and oxygen atoms in total. The van der Waals surface area contributed by atoms with Gasteiger partial charge in [0.05, 0.1) is 74.4 Å². The fraction of sp³-hybridized carbons (Fsp3) is 0.376. The van der Waals surface area contributed by atoms with Gasteiger partial charge in [0.15, 0.2) is 23.3 Å². The molecular formula is C93H109Cl4F4N21O9. The highest BCUT2D eigenvalue weighted by Crippen LogP contribution is 2.46. The molecular weight excluding hydrogens is 1770 g/mol. The molecule has 14 rings (SSSR count). The molecule has 4 unspecified atom stereocenters. The standard InChI is InChI=1S/C26H34ClFN6O2.C26H27ClFN5O3.C21H25ClFN5O2.C20H23ClFN5O2/c1-14(2)36-23-18(15(3)25-32-16(4)22-24(29)30-8-11-34(22)25)12-19(27)21(28)20(23)26(35)31-13-17-6-9-33(5)10-7-17;1-13(2)36-23-18(14(3)25-31-15(4)22-24(29)30-10-11-33(22)25)12-19(27)21(28)20(23)26(34)32-16-6-8-17(35-5)9-7-16;1-6-25-21(29)15-16(23)14(22)9-13(18(15)30-10(2)3)11(4)20-27-12(5)17-19(24)26-7-8-28(17)20;1-9(2)29-17-12(8-13(21)15(22)14(17)20(28)24-5)10(3)19-26-11(4)16-18(23)25-6-7-27(16)19/h8,11-12,14-15,17H,6-7,9-10,13H2,1-5H3,(H2,29,30)(H,31,35);6-14H,1-5H3,(H2,29,30)(H,32,34);7-11H,6H2,1-5H3,(H2,24,26)(H,25,29);6-10H,1-5H3,(H2,23,25)(H,24,28). The number of carbonyl (C=O) groups excluding carboxylic acids is 4. The first-order valence-corrected chi connectivity index (χ1v) is 44.1. The van der Waals surface area contributed by atoms with E-state index >= 15 is 8.78 Å². The molecule has 9 heterocycles. The van der Waals surface area contributed by atoms with E-state index in [1.807, 2.05) is 101 Å². The summed E-state index contributed by atoms with van der Waals surface area (Å²) in [7, 11) is 5.05. The van der Waals surface area contributed by atoms with Crippen LogP contribution in [0.5, 0.6) is 28.7 Å². The molecule has 4 atom stereocenters. The lowest BCUT2D eigenvalue weighted by molar-refractivity contribution is 0.0923. The molecule has 696 valence electrons. The monoisotopic (exact) mass is 1880 g/mol. The van der Waals surface area contributed by atoms with Crippen LogP contribution in [0.2, 0.25) is 20.1 Å². The minimum Gasteiger partial charge on any atom is -0.497 e. The second-order valence-corrected chi connectivity index (χ2v) is 34.5. The molecule has 4 amide bonds. The highest BCUT2D eigenvalue weighted by molar-refractivity contribution is 6.32. The zero-order valence-electron chi connectivity index (χ0n) is 76.5. The molecule has 8 aromatic heterocycles. The van der Waals surface area contributed by atoms with E-state index in [-0.39, 0.29) is 108 Å². The number of fused-ring (bicyclic) bond motifs is 4. The second kappa shape index (κ2) is 42.2. The normalized spacial score (nSPS) is 13.3. The number of benzene rings is 5. The summed E-state index contributed by atoms with van der Waals surface area (Å²) in [6, 6.07) is 12.7. The van der Waals surface area contributed by atoms with Gasteiger partial charge in [0.2, 0.25) is 0 Å². The molecule has 131 heavy (non-hydrogen) atoms. The van der Waals surface area contributed by atoms with E-state index in [2.05, 4.69) is 63.1 Å². The van der Waals surface area contributed by atoms with Crippen molar-refractivity contribution in [3.8, 4) is 28.7 Å². The summed E-state index contributed by atoms with van der Waals surface area (Å²) in [5.41, 5.74) is 31.6. The Hall–Kier alpha value is -12.5. The molecule has 0 bridgehead atoms. The Morgan fingerprint density at radius 2 is 0.718 bits per heavy atom. The molecule has 0 spiro atoms. The maximum atomic E-state index is 15.4. The van der Waals surface area contributed by atoms with Gasteiger partial charge in [0.1, 0.15) is 120 Å². The van der Waals surface area contributed by atoms with Crippen molar-refractivity contribution in [1.82, 2.24) is 78.3 Å². The van der Waals surface area contributed by atoms with Crippen molar-refractivity contribution >= 4 is 121 Å². The van der Waals surface area contributed by atoms with Gasteiger partial charge in [-0.2, -0.15) is 0 Å². The largest absolute Gasteiger partial charge is 0.497 e. The van der Waals surface area contributed by atoms with Gasteiger partial charge in [-0.05, 0) is 177 Å². The maximum absolute atomic E-state index is 15.4. The lowest BCUT2D eigenvalue weighted by atomic mass is 9.95. The molecule has 1 aliphatic rings. The molecule has 0 aliphatic carbocycles. The van der Waals surface area contributed by atoms with Crippen LogP contribution in [0.4, 0.5) is 46.5 Å². The van der Waals surface area contributed by atoms with Crippen molar-refractivity contribution < 1.29 is 60.4 Å². The Balaban J connectivity index is 0.000000169. The van der Waals surface area contributed by atoms with Gasteiger partial charge in [0, 0.05) is 121 Å². The quantitative estimate of drug-likeness (QED) is 0.0246. The van der Waals surface area contributed by atoms with E-state index in [9.17, 15) is 28.0 Å². The Morgan fingerprint density at radius 3 is 0.985 bits per heavy atom. The molecule has 38 heteroatoms. The average Bonchev–Trinajstić information content (AvgIpc) is 1.70. The van der Waals surface area contributed by atoms with Gasteiger partial charge in [-0.3, -0.25) is 36.8 Å². The van der Waals surface area contributed by atoms with Crippen molar-refractivity contribution in [2.75, 3.05) is 75.6 Å². The molecule has 0 saturated carbocycles. The minimum absolute atomic E-state index is 0.0989. The van der Waals surface area contributed by atoms with Crippen LogP contribution < -0.4 is 67.9 Å². The Labute approximate surface area is 776 Å². The summed E-state index contributed by atoms with van der Waals surface area (Å²) in [5, 5.41) is 10.1. The number of nitrogen functional groups attached to an aromatic ring is 4. The Kier molecular flexibility index (Phi) is 31.9. The van der Waals surface area contributed by atoms with Gasteiger partial charge < -0.3 is 72.8 Å². The number of ether oxygens (including phenoxy) is 5. The predicted molar refractivity (Wildman–Crippen MR) is 502 cm³/mol. The van der Waals surface area contributed by atoms with Crippen molar-refractivity contribution in [2.24, 2.45) is 5.92 Å². The van der Waals surface area contributed by atoms with E-state index in [0.717, 1.165) is 31.6 Å². The Morgan fingerprint density at radius 1 is 0.443 bits per heavy atom. The summed E-state index contributed by atoms with van der Waals surface area (Å²) in [6.07, 6.45) is 14.1. The van der Waals surface area contributed by atoms with Crippen LogP contribution in [-0.4, -0.2) is 158 Å². The fourth-order valence-corrected chi connectivity index (χ4v) is 16.6. The number of aromatic nitrogens is 12. The number of likely N-dealkylation sites (tertiary alicyclic amines) is 1. The van der Waals surface area contributed by atoms with Crippen LogP contribution in [0, 0.1) is 56.9 Å². The third-order valence-electron chi connectivity index (χ3n) is 22.0. The van der Waals surface area contributed by atoms with E-state index < -0.39 is 52.8 Å².